The fourth-order valence-corrected chi connectivity index (χ4v) is 4.39. The molecule has 3 rings (SSSR count). The second-order valence-electron chi connectivity index (χ2n) is 6.13. The second-order valence-corrected chi connectivity index (χ2v) is 8.18. The van der Waals surface area contributed by atoms with E-state index < -0.39 is 0 Å². The zero-order valence-electron chi connectivity index (χ0n) is 15.4. The summed E-state index contributed by atoms with van der Waals surface area (Å²) in [5, 5.41) is 5.05. The molecule has 0 fully saturated rings. The summed E-state index contributed by atoms with van der Waals surface area (Å²) >= 11 is 3.41. The maximum atomic E-state index is 12.8. The van der Waals surface area contributed by atoms with E-state index in [9.17, 15) is 9.18 Å². The zero-order chi connectivity index (χ0) is 19.6. The maximum absolute atomic E-state index is 12.8. The first-order valence-electron chi connectivity index (χ1n) is 9.13. The summed E-state index contributed by atoms with van der Waals surface area (Å²) in [6, 6.07) is 17.8. The van der Waals surface area contributed by atoms with Crippen LogP contribution in [-0.4, -0.2) is 19.1 Å². The third kappa shape index (κ3) is 6.39. The lowest BCUT2D eigenvalue weighted by Crippen LogP contribution is -2.25. The van der Waals surface area contributed by atoms with Crippen molar-refractivity contribution in [2.24, 2.45) is 0 Å². The molecule has 0 aliphatic carbocycles. The normalized spacial score (nSPS) is 10.6. The molecule has 146 valence electrons. The molecule has 0 spiro atoms. The summed E-state index contributed by atoms with van der Waals surface area (Å²) in [5.74, 6) is 1.20. The first-order chi connectivity index (χ1) is 13.7. The number of unbranched alkanes of at least 4 members (excludes halogenated alkanes) is 1. The van der Waals surface area contributed by atoms with Crippen LogP contribution in [0.5, 0.6) is 5.75 Å². The highest BCUT2D eigenvalue weighted by molar-refractivity contribution is 7.98. The minimum Gasteiger partial charge on any atom is -0.494 e. The number of hydrogen-bond donors (Lipinski definition) is 1. The van der Waals surface area contributed by atoms with E-state index in [1.807, 2.05) is 30.3 Å². The van der Waals surface area contributed by atoms with Gasteiger partial charge in [0.05, 0.1) is 12.2 Å². The van der Waals surface area contributed by atoms with Crippen molar-refractivity contribution in [2.45, 2.75) is 23.5 Å². The molecule has 1 heterocycles. The molecule has 3 nitrogen and oxygen atoms in total. The third-order valence-corrected chi connectivity index (χ3v) is 6.20. The Balaban J connectivity index is 1.39. The number of rotatable bonds is 10. The quantitative estimate of drug-likeness (QED) is 0.337. The highest BCUT2D eigenvalue weighted by atomic mass is 32.2. The van der Waals surface area contributed by atoms with Crippen molar-refractivity contribution in [3.63, 3.8) is 0 Å². The van der Waals surface area contributed by atoms with Crippen LogP contribution in [0.4, 0.5) is 4.39 Å². The van der Waals surface area contributed by atoms with Crippen molar-refractivity contribution >= 4 is 29.0 Å². The minimum absolute atomic E-state index is 0.0475. The zero-order valence-corrected chi connectivity index (χ0v) is 17.0. The van der Waals surface area contributed by atoms with Gasteiger partial charge in [-0.25, -0.2) is 4.39 Å². The number of carbonyl (C=O) groups is 1. The summed E-state index contributed by atoms with van der Waals surface area (Å²) in [6.45, 7) is 1.13. The summed E-state index contributed by atoms with van der Waals surface area (Å²) < 4.78 is 18.4. The van der Waals surface area contributed by atoms with E-state index in [-0.39, 0.29) is 11.7 Å². The van der Waals surface area contributed by atoms with E-state index in [2.05, 4.69) is 16.8 Å². The number of nitrogens with one attached hydrogen (secondary N) is 1. The first kappa shape index (κ1) is 20.4. The van der Waals surface area contributed by atoms with Crippen LogP contribution in [0.3, 0.4) is 0 Å². The maximum Gasteiger partial charge on any atom is 0.252 e. The van der Waals surface area contributed by atoms with E-state index in [4.69, 9.17) is 4.74 Å². The Morgan fingerprint density at radius 3 is 2.64 bits per heavy atom. The van der Waals surface area contributed by atoms with Crippen molar-refractivity contribution in [1.82, 2.24) is 5.32 Å². The van der Waals surface area contributed by atoms with Crippen molar-refractivity contribution in [3.8, 4) is 5.75 Å². The second kappa shape index (κ2) is 10.9. The predicted molar refractivity (Wildman–Crippen MR) is 114 cm³/mol. The topological polar surface area (TPSA) is 38.3 Å². The van der Waals surface area contributed by atoms with Gasteiger partial charge in [0.25, 0.3) is 5.91 Å². The lowest BCUT2D eigenvalue weighted by molar-refractivity contribution is 0.0949. The number of thiophene rings is 1. The van der Waals surface area contributed by atoms with Gasteiger partial charge in [0, 0.05) is 22.1 Å². The van der Waals surface area contributed by atoms with Gasteiger partial charge in [-0.05, 0) is 60.7 Å². The Morgan fingerprint density at radius 2 is 1.86 bits per heavy atom. The van der Waals surface area contributed by atoms with Gasteiger partial charge in [0.15, 0.2) is 0 Å². The number of amides is 1. The predicted octanol–water partition coefficient (Wildman–Crippen LogP) is 5.77. The lowest BCUT2D eigenvalue weighted by atomic mass is 10.2. The summed E-state index contributed by atoms with van der Waals surface area (Å²) in [5.41, 5.74) is 0.714. The number of ether oxygens (including phenoxy) is 1. The fourth-order valence-electron chi connectivity index (χ4n) is 2.57. The molecule has 0 bridgehead atoms. The summed E-state index contributed by atoms with van der Waals surface area (Å²) in [4.78, 5) is 14.8. The molecule has 1 aromatic heterocycles. The molecule has 0 saturated heterocycles. The summed E-state index contributed by atoms with van der Waals surface area (Å²) in [6.07, 6.45) is 1.63. The molecule has 0 unspecified atom stereocenters. The van der Waals surface area contributed by atoms with Gasteiger partial charge >= 0.3 is 0 Å². The van der Waals surface area contributed by atoms with Gasteiger partial charge in [-0.2, -0.15) is 0 Å². The van der Waals surface area contributed by atoms with E-state index >= 15 is 0 Å². The van der Waals surface area contributed by atoms with Crippen LogP contribution in [0.1, 0.15) is 28.1 Å². The molecule has 28 heavy (non-hydrogen) atoms. The number of halogens is 1. The Labute approximate surface area is 172 Å². The van der Waals surface area contributed by atoms with Gasteiger partial charge in [0.1, 0.15) is 11.6 Å². The van der Waals surface area contributed by atoms with Crippen LogP contribution < -0.4 is 10.1 Å². The molecular formula is C22H22FNO2S2. The molecule has 0 atom stereocenters. The van der Waals surface area contributed by atoms with Crippen LogP contribution in [0.15, 0.2) is 70.9 Å². The van der Waals surface area contributed by atoms with Gasteiger partial charge in [-0.15, -0.1) is 23.1 Å². The lowest BCUT2D eigenvalue weighted by Gasteiger charge is -2.10. The van der Waals surface area contributed by atoms with Crippen LogP contribution in [0, 0.1) is 5.82 Å². The summed E-state index contributed by atoms with van der Waals surface area (Å²) in [7, 11) is 0. The average molecular weight is 416 g/mol. The molecule has 0 saturated carbocycles. The standard InChI is InChI=1S/C22H22FNO2S2/c23-17-9-11-18(12-10-17)26-14-4-3-13-24-22(25)20-7-1-2-8-21(20)28-16-19-6-5-15-27-19/h1-2,5-12,15H,3-4,13-14,16H2,(H,24,25). The molecule has 0 aliphatic heterocycles. The molecule has 0 radical (unpaired) electrons. The van der Waals surface area contributed by atoms with Gasteiger partial charge in [0.2, 0.25) is 0 Å². The molecular weight excluding hydrogens is 393 g/mol. The molecule has 1 amide bonds. The molecule has 6 heteroatoms. The average Bonchev–Trinajstić information content (AvgIpc) is 3.24. The van der Waals surface area contributed by atoms with Gasteiger partial charge < -0.3 is 10.1 Å². The smallest absolute Gasteiger partial charge is 0.252 e. The minimum atomic E-state index is -0.274. The van der Waals surface area contributed by atoms with E-state index in [1.54, 1.807) is 35.2 Å². The fraction of sp³-hybridized carbons (Fsp3) is 0.227. The first-order valence-corrected chi connectivity index (χ1v) is 11.0. The van der Waals surface area contributed by atoms with Crippen molar-refractivity contribution in [3.05, 3.63) is 82.3 Å². The number of benzene rings is 2. The SMILES string of the molecule is O=C(NCCCCOc1ccc(F)cc1)c1ccccc1SCc1cccs1. The van der Waals surface area contributed by atoms with E-state index in [0.29, 0.717) is 24.5 Å². The van der Waals surface area contributed by atoms with Crippen LogP contribution in [0.25, 0.3) is 0 Å². The van der Waals surface area contributed by atoms with Crippen LogP contribution in [-0.2, 0) is 5.75 Å². The van der Waals surface area contributed by atoms with Crippen molar-refractivity contribution in [2.75, 3.05) is 13.2 Å². The van der Waals surface area contributed by atoms with E-state index in [0.717, 1.165) is 23.5 Å². The number of carbonyl (C=O) groups excluding carboxylic acids is 1. The molecule has 2 aromatic carbocycles. The monoisotopic (exact) mass is 415 g/mol. The number of thioether (sulfide) groups is 1. The molecule has 1 N–H and O–H groups in total. The Morgan fingerprint density at radius 1 is 1.04 bits per heavy atom. The molecule has 3 aromatic rings. The van der Waals surface area contributed by atoms with Gasteiger partial charge in [-0.1, -0.05) is 18.2 Å². The molecule has 0 aliphatic rings. The van der Waals surface area contributed by atoms with Crippen LogP contribution in [0.2, 0.25) is 0 Å². The Hall–Kier alpha value is -2.31. The Bertz CT molecular complexity index is 867. The van der Waals surface area contributed by atoms with Crippen LogP contribution >= 0.6 is 23.1 Å². The number of hydrogen-bond acceptors (Lipinski definition) is 4. The highest BCUT2D eigenvalue weighted by Crippen LogP contribution is 2.27. The Kier molecular flexibility index (Phi) is 7.94. The highest BCUT2D eigenvalue weighted by Gasteiger charge is 2.11. The van der Waals surface area contributed by atoms with Crippen molar-refractivity contribution in [1.29, 1.82) is 0 Å². The third-order valence-electron chi connectivity index (χ3n) is 4.02. The largest absolute Gasteiger partial charge is 0.494 e. The van der Waals surface area contributed by atoms with Crippen molar-refractivity contribution < 1.29 is 13.9 Å². The van der Waals surface area contributed by atoms with E-state index in [1.165, 1.54) is 17.0 Å². The van der Waals surface area contributed by atoms with Gasteiger partial charge in [-0.3, -0.25) is 4.79 Å².